The number of carbonyl (C=O) groups is 2. The van der Waals surface area contributed by atoms with Crippen molar-refractivity contribution < 1.29 is 9.59 Å². The van der Waals surface area contributed by atoms with Crippen LogP contribution in [-0.2, 0) is 4.79 Å². The molecule has 0 aliphatic carbocycles. The first-order valence-corrected chi connectivity index (χ1v) is 8.26. The normalized spacial score (nSPS) is 12.2. The van der Waals surface area contributed by atoms with Gasteiger partial charge < -0.3 is 5.32 Å². The van der Waals surface area contributed by atoms with Crippen molar-refractivity contribution in [3.63, 3.8) is 0 Å². The van der Waals surface area contributed by atoms with Gasteiger partial charge in [0.25, 0.3) is 11.8 Å². The maximum atomic E-state index is 12.0. The highest BCUT2D eigenvalue weighted by Gasteiger charge is 2.15. The van der Waals surface area contributed by atoms with Crippen LogP contribution in [0, 0.1) is 0 Å². The highest BCUT2D eigenvalue weighted by molar-refractivity contribution is 5.97. The third-order valence-corrected chi connectivity index (χ3v) is 3.77. The first kappa shape index (κ1) is 18.4. The van der Waals surface area contributed by atoms with E-state index >= 15 is 0 Å². The molecule has 0 fully saturated rings. The third kappa shape index (κ3) is 5.57. The molecule has 2 aromatic carbocycles. The van der Waals surface area contributed by atoms with Gasteiger partial charge in [0.05, 0.1) is 6.21 Å². The van der Waals surface area contributed by atoms with E-state index in [0.29, 0.717) is 11.5 Å². The van der Waals surface area contributed by atoms with E-state index < -0.39 is 6.04 Å². The second kappa shape index (κ2) is 8.78. The number of amides is 2. The lowest BCUT2D eigenvalue weighted by atomic mass is 10.0. The summed E-state index contributed by atoms with van der Waals surface area (Å²) >= 11 is 0. The molecule has 130 valence electrons. The van der Waals surface area contributed by atoms with Crippen molar-refractivity contribution in [3.05, 3.63) is 71.3 Å². The maximum absolute atomic E-state index is 12.0. The molecule has 0 saturated carbocycles. The third-order valence-electron chi connectivity index (χ3n) is 3.77. The minimum Gasteiger partial charge on any atom is -0.340 e. The predicted octanol–water partition coefficient (Wildman–Crippen LogP) is 3.08. The van der Waals surface area contributed by atoms with Crippen LogP contribution in [0.2, 0.25) is 0 Å². The molecule has 0 aromatic heterocycles. The lowest BCUT2D eigenvalue weighted by Crippen LogP contribution is -2.43. The summed E-state index contributed by atoms with van der Waals surface area (Å²) in [5, 5.41) is 6.58. The second-order valence-corrected chi connectivity index (χ2v) is 6.12. The summed E-state index contributed by atoms with van der Waals surface area (Å²) in [4.78, 5) is 24.0. The van der Waals surface area contributed by atoms with Gasteiger partial charge in [-0.15, -0.1) is 0 Å². The summed E-state index contributed by atoms with van der Waals surface area (Å²) in [7, 11) is 0. The zero-order valence-electron chi connectivity index (χ0n) is 14.7. The lowest BCUT2D eigenvalue weighted by Gasteiger charge is -2.12. The molecule has 2 amide bonds. The summed E-state index contributed by atoms with van der Waals surface area (Å²) in [6.07, 6.45) is 1.58. The van der Waals surface area contributed by atoms with Crippen molar-refractivity contribution >= 4 is 18.0 Å². The molecule has 0 radical (unpaired) electrons. The summed E-state index contributed by atoms with van der Waals surface area (Å²) in [5.41, 5.74) is 5.09. The monoisotopic (exact) mass is 337 g/mol. The SMILES string of the molecule is CC(NC(=O)c1ccccc1)C(=O)NN=Cc1ccc(C(C)C)cc1. The van der Waals surface area contributed by atoms with Crippen LogP contribution in [0.25, 0.3) is 0 Å². The fourth-order valence-electron chi connectivity index (χ4n) is 2.17. The minimum absolute atomic E-state index is 0.295. The van der Waals surface area contributed by atoms with Crippen LogP contribution in [0.3, 0.4) is 0 Å². The number of hydrogen-bond acceptors (Lipinski definition) is 3. The highest BCUT2D eigenvalue weighted by atomic mass is 16.2. The van der Waals surface area contributed by atoms with E-state index in [1.54, 1.807) is 37.4 Å². The van der Waals surface area contributed by atoms with Crippen LogP contribution in [0.1, 0.15) is 48.2 Å². The molecule has 2 aromatic rings. The first-order chi connectivity index (χ1) is 12.0. The van der Waals surface area contributed by atoms with Crippen molar-refractivity contribution in [1.82, 2.24) is 10.7 Å². The molecule has 0 saturated heterocycles. The predicted molar refractivity (Wildman–Crippen MR) is 99.6 cm³/mol. The number of carbonyl (C=O) groups excluding carboxylic acids is 2. The molecule has 25 heavy (non-hydrogen) atoms. The van der Waals surface area contributed by atoms with Gasteiger partial charge in [0.15, 0.2) is 0 Å². The van der Waals surface area contributed by atoms with Gasteiger partial charge >= 0.3 is 0 Å². The smallest absolute Gasteiger partial charge is 0.262 e. The standard InChI is InChI=1S/C20H23N3O2/c1-14(2)17-11-9-16(10-12-17)13-21-23-19(24)15(3)22-20(25)18-7-5-4-6-8-18/h4-15H,1-3H3,(H,22,25)(H,23,24). The Bertz CT molecular complexity index is 737. The molecule has 2 rings (SSSR count). The summed E-state index contributed by atoms with van der Waals surface area (Å²) in [5.74, 6) is -0.199. The number of hydrazone groups is 1. The molecular weight excluding hydrogens is 314 g/mol. The van der Waals surface area contributed by atoms with Gasteiger partial charge in [-0.3, -0.25) is 9.59 Å². The first-order valence-electron chi connectivity index (χ1n) is 8.26. The molecule has 2 N–H and O–H groups in total. The van der Waals surface area contributed by atoms with E-state index in [9.17, 15) is 9.59 Å². The van der Waals surface area contributed by atoms with Crippen LogP contribution >= 0.6 is 0 Å². The fraction of sp³-hybridized carbons (Fsp3) is 0.250. The molecule has 0 bridgehead atoms. The highest BCUT2D eigenvalue weighted by Crippen LogP contribution is 2.13. The van der Waals surface area contributed by atoms with E-state index in [2.05, 4.69) is 29.7 Å². The summed E-state index contributed by atoms with van der Waals surface area (Å²) in [6.45, 7) is 5.88. The van der Waals surface area contributed by atoms with Gasteiger partial charge in [0, 0.05) is 5.56 Å². The number of nitrogens with zero attached hydrogens (tertiary/aromatic N) is 1. The topological polar surface area (TPSA) is 70.6 Å². The Hall–Kier alpha value is -2.95. The van der Waals surface area contributed by atoms with Gasteiger partial charge in [-0.2, -0.15) is 5.10 Å². The van der Waals surface area contributed by atoms with Crippen molar-refractivity contribution in [2.24, 2.45) is 5.10 Å². The Kier molecular flexibility index (Phi) is 6.46. The van der Waals surface area contributed by atoms with E-state index in [-0.39, 0.29) is 11.8 Å². The molecular formula is C20H23N3O2. The largest absolute Gasteiger partial charge is 0.340 e. The van der Waals surface area contributed by atoms with Crippen LogP contribution in [0.15, 0.2) is 59.7 Å². The van der Waals surface area contributed by atoms with Crippen molar-refractivity contribution in [1.29, 1.82) is 0 Å². The van der Waals surface area contributed by atoms with Gasteiger partial charge in [-0.25, -0.2) is 5.43 Å². The number of nitrogens with one attached hydrogen (secondary N) is 2. The van der Waals surface area contributed by atoms with E-state index in [1.807, 2.05) is 30.3 Å². The van der Waals surface area contributed by atoms with Crippen LogP contribution in [0.4, 0.5) is 0 Å². The number of benzene rings is 2. The Labute approximate surface area is 148 Å². The molecule has 1 unspecified atom stereocenters. The molecule has 5 heteroatoms. The average Bonchev–Trinajstić information content (AvgIpc) is 2.62. The zero-order valence-corrected chi connectivity index (χ0v) is 14.7. The van der Waals surface area contributed by atoms with Crippen molar-refractivity contribution in [2.75, 3.05) is 0 Å². The average molecular weight is 337 g/mol. The van der Waals surface area contributed by atoms with Crippen LogP contribution in [-0.4, -0.2) is 24.1 Å². The minimum atomic E-state index is -0.687. The fourth-order valence-corrected chi connectivity index (χ4v) is 2.17. The Morgan fingerprint density at radius 1 is 0.960 bits per heavy atom. The maximum Gasteiger partial charge on any atom is 0.262 e. The number of hydrogen-bond donors (Lipinski definition) is 2. The molecule has 0 aliphatic rings. The zero-order chi connectivity index (χ0) is 18.2. The van der Waals surface area contributed by atoms with E-state index in [4.69, 9.17) is 0 Å². The second-order valence-electron chi connectivity index (χ2n) is 6.12. The molecule has 5 nitrogen and oxygen atoms in total. The van der Waals surface area contributed by atoms with Gasteiger partial charge in [-0.05, 0) is 36.1 Å². The van der Waals surface area contributed by atoms with Crippen LogP contribution < -0.4 is 10.7 Å². The lowest BCUT2D eigenvalue weighted by molar-refractivity contribution is -0.122. The molecule has 0 spiro atoms. The number of rotatable bonds is 6. The van der Waals surface area contributed by atoms with Gasteiger partial charge in [0.2, 0.25) is 0 Å². The van der Waals surface area contributed by atoms with E-state index in [1.165, 1.54) is 5.56 Å². The molecule has 1 atom stereocenters. The van der Waals surface area contributed by atoms with Gasteiger partial charge in [0.1, 0.15) is 6.04 Å². The Balaban J connectivity index is 1.85. The van der Waals surface area contributed by atoms with Gasteiger partial charge in [-0.1, -0.05) is 56.3 Å². The van der Waals surface area contributed by atoms with Crippen molar-refractivity contribution in [2.45, 2.75) is 32.7 Å². The summed E-state index contributed by atoms with van der Waals surface area (Å²) in [6, 6.07) is 16.0. The van der Waals surface area contributed by atoms with Crippen LogP contribution in [0.5, 0.6) is 0 Å². The quantitative estimate of drug-likeness (QED) is 0.628. The Morgan fingerprint density at radius 2 is 1.60 bits per heavy atom. The summed E-state index contributed by atoms with van der Waals surface area (Å²) < 4.78 is 0. The molecule has 0 heterocycles. The Morgan fingerprint density at radius 3 is 2.20 bits per heavy atom. The van der Waals surface area contributed by atoms with Crippen molar-refractivity contribution in [3.8, 4) is 0 Å². The molecule has 0 aliphatic heterocycles. The van der Waals surface area contributed by atoms with E-state index in [0.717, 1.165) is 5.56 Å².